The van der Waals surface area contributed by atoms with Gasteiger partial charge in [-0.05, 0) is 56.7 Å². The van der Waals surface area contributed by atoms with Gasteiger partial charge in [-0.1, -0.05) is 26.7 Å². The van der Waals surface area contributed by atoms with Crippen LogP contribution in [0.3, 0.4) is 0 Å². The maximum Gasteiger partial charge on any atom is 0.248 e. The number of hydrogen-bond donors (Lipinski definition) is 3. The van der Waals surface area contributed by atoms with E-state index >= 15 is 0 Å². The van der Waals surface area contributed by atoms with Gasteiger partial charge >= 0.3 is 0 Å². The summed E-state index contributed by atoms with van der Waals surface area (Å²) in [6.07, 6.45) is 5.69. The maximum absolute atomic E-state index is 15.0. The summed E-state index contributed by atoms with van der Waals surface area (Å²) in [5.41, 5.74) is 21.0. The number of benzene rings is 1. The first-order valence-electron chi connectivity index (χ1n) is 12.9. The number of halogens is 1. The van der Waals surface area contributed by atoms with Gasteiger partial charge in [0.2, 0.25) is 18.5 Å². The summed E-state index contributed by atoms with van der Waals surface area (Å²) in [6, 6.07) is 5.34. The average Bonchev–Trinajstić information content (AvgIpc) is 3.27. The second-order valence-corrected chi connectivity index (χ2v) is 10.4. The molecule has 2 fully saturated rings. The topological polar surface area (TPSA) is 106 Å². The summed E-state index contributed by atoms with van der Waals surface area (Å²) >= 11 is 0. The van der Waals surface area contributed by atoms with Crippen LogP contribution in [0.25, 0.3) is 0 Å². The molecule has 4 rings (SSSR count). The van der Waals surface area contributed by atoms with E-state index in [4.69, 9.17) is 26.9 Å². The number of aliphatic imine (C=N–C) groups is 1. The zero-order valence-electron chi connectivity index (χ0n) is 21.0. The Morgan fingerprint density at radius 2 is 1.91 bits per heavy atom. The third-order valence-electron chi connectivity index (χ3n) is 8.45. The Morgan fingerprint density at radius 3 is 2.56 bits per heavy atom. The van der Waals surface area contributed by atoms with Crippen LogP contribution in [0.4, 0.5) is 10.1 Å². The average molecular weight is 477 g/mol. The van der Waals surface area contributed by atoms with Crippen LogP contribution < -0.4 is 26.4 Å². The van der Waals surface area contributed by atoms with E-state index in [2.05, 4.69) is 18.7 Å². The summed E-state index contributed by atoms with van der Waals surface area (Å²) in [5, 5.41) is 0. The Labute approximate surface area is 203 Å². The highest BCUT2D eigenvalue weighted by atomic mass is 19.1. The Balaban J connectivity index is 1.73. The minimum absolute atomic E-state index is 0.145. The zero-order chi connectivity index (χ0) is 24.5. The van der Waals surface area contributed by atoms with Crippen LogP contribution in [0.2, 0.25) is 0 Å². The van der Waals surface area contributed by atoms with Crippen LogP contribution in [0.15, 0.2) is 23.2 Å². The molecule has 3 aliphatic rings. The summed E-state index contributed by atoms with van der Waals surface area (Å²) < 4.78 is 20.3. The normalized spacial score (nSPS) is 34.8. The van der Waals surface area contributed by atoms with Crippen molar-refractivity contribution in [2.24, 2.45) is 34.0 Å². The summed E-state index contributed by atoms with van der Waals surface area (Å²) in [7, 11) is 1.47. The number of likely N-dealkylation sites (N-methyl/N-ethyl adjacent to an activating group) is 1. The quantitative estimate of drug-likeness (QED) is 0.522. The van der Waals surface area contributed by atoms with Crippen LogP contribution in [0, 0.1) is 17.7 Å². The zero-order valence-corrected chi connectivity index (χ0v) is 21.0. The summed E-state index contributed by atoms with van der Waals surface area (Å²) in [5.74, 6) is 1.45. The Bertz CT molecular complexity index is 875. The van der Waals surface area contributed by atoms with Gasteiger partial charge in [0.25, 0.3) is 0 Å². The van der Waals surface area contributed by atoms with Crippen molar-refractivity contribution in [2.45, 2.75) is 71.0 Å². The standard InChI is InChI=1S/C25H43FN7O/c1-4-31-13-5-6-19(31)16-33(20-11-12-22(34-3)21(26)14-20)24(28)30-23(27)32(25(33)29)15-18-9-7-17(2)8-10-18/h11-12,14,17-19,24-25H,4-10,13,15-16,28-29H2,1-3H3,(H2,27,30)/q+1. The van der Waals surface area contributed by atoms with Crippen molar-refractivity contribution in [2.75, 3.05) is 33.3 Å². The van der Waals surface area contributed by atoms with Crippen LogP contribution in [0.5, 0.6) is 5.75 Å². The number of nitrogens with two attached hydrogens (primary N) is 3. The van der Waals surface area contributed by atoms with Gasteiger partial charge in [-0.25, -0.2) is 8.87 Å². The lowest BCUT2D eigenvalue weighted by molar-refractivity contribution is 0.0173. The fourth-order valence-corrected chi connectivity index (χ4v) is 6.25. The van der Waals surface area contributed by atoms with Crippen molar-refractivity contribution < 1.29 is 9.13 Å². The molecule has 1 aromatic rings. The Morgan fingerprint density at radius 1 is 1.18 bits per heavy atom. The fourth-order valence-electron chi connectivity index (χ4n) is 6.25. The van der Waals surface area contributed by atoms with Crippen molar-refractivity contribution in [3.8, 4) is 5.75 Å². The van der Waals surface area contributed by atoms with E-state index in [1.165, 1.54) is 26.0 Å². The van der Waals surface area contributed by atoms with Crippen LogP contribution in [-0.4, -0.2) is 67.7 Å². The van der Waals surface area contributed by atoms with Gasteiger partial charge in [0.05, 0.1) is 13.2 Å². The van der Waals surface area contributed by atoms with Gasteiger partial charge < -0.3 is 10.5 Å². The number of rotatable bonds is 7. The monoisotopic (exact) mass is 476 g/mol. The lowest BCUT2D eigenvalue weighted by Gasteiger charge is -2.53. The molecule has 8 nitrogen and oxygen atoms in total. The van der Waals surface area contributed by atoms with E-state index in [0.717, 1.165) is 51.2 Å². The van der Waals surface area contributed by atoms with Crippen LogP contribution in [-0.2, 0) is 0 Å². The van der Waals surface area contributed by atoms with E-state index in [0.29, 0.717) is 30.2 Å². The molecule has 2 heterocycles. The van der Waals surface area contributed by atoms with E-state index in [1.54, 1.807) is 6.07 Å². The molecule has 9 heteroatoms. The van der Waals surface area contributed by atoms with Gasteiger partial charge in [0, 0.05) is 18.7 Å². The molecule has 1 saturated heterocycles. The van der Waals surface area contributed by atoms with E-state index in [-0.39, 0.29) is 10.2 Å². The highest BCUT2D eigenvalue weighted by Crippen LogP contribution is 2.38. The van der Waals surface area contributed by atoms with Crippen molar-refractivity contribution in [1.29, 1.82) is 0 Å². The minimum Gasteiger partial charge on any atom is -0.494 e. The lowest BCUT2D eigenvalue weighted by Crippen LogP contribution is -2.79. The first kappa shape index (κ1) is 25.2. The molecule has 0 amide bonds. The van der Waals surface area contributed by atoms with E-state index in [1.807, 2.05) is 11.0 Å². The molecule has 4 unspecified atom stereocenters. The van der Waals surface area contributed by atoms with Gasteiger partial charge in [0.15, 0.2) is 11.6 Å². The van der Waals surface area contributed by atoms with Crippen molar-refractivity contribution in [1.82, 2.24) is 14.3 Å². The molecule has 0 spiro atoms. The van der Waals surface area contributed by atoms with Gasteiger partial charge in [-0.15, -0.1) is 0 Å². The molecule has 34 heavy (non-hydrogen) atoms. The fraction of sp³-hybridized carbons (Fsp3) is 0.720. The molecule has 4 atom stereocenters. The number of likely N-dealkylation sites (tertiary alicyclic amines) is 1. The lowest BCUT2D eigenvalue weighted by atomic mass is 9.83. The molecular formula is C25H43FN7O+. The Hall–Kier alpha value is -1.94. The van der Waals surface area contributed by atoms with Crippen molar-refractivity contribution >= 4 is 11.6 Å². The molecule has 1 saturated carbocycles. The SMILES string of the molecule is CCN1CCCC1C[N+]1(c2ccc(OC)c(F)c2)C(N)N=C(N)N(CC2CCC(C)CC2)C1N. The minimum atomic E-state index is -0.718. The molecule has 6 N–H and O–H groups in total. The summed E-state index contributed by atoms with van der Waals surface area (Å²) in [4.78, 5) is 9.20. The number of quaternary nitrogens is 1. The second-order valence-electron chi connectivity index (χ2n) is 10.4. The van der Waals surface area contributed by atoms with E-state index in [9.17, 15) is 4.39 Å². The summed E-state index contributed by atoms with van der Waals surface area (Å²) in [6.45, 7) is 7.91. The van der Waals surface area contributed by atoms with Crippen molar-refractivity contribution in [3.63, 3.8) is 0 Å². The number of methoxy groups -OCH3 is 1. The number of ether oxygens (including phenoxy) is 1. The van der Waals surface area contributed by atoms with Gasteiger partial charge in [-0.2, -0.15) is 4.99 Å². The second kappa shape index (κ2) is 10.4. The van der Waals surface area contributed by atoms with Gasteiger partial charge in [-0.3, -0.25) is 21.3 Å². The first-order valence-corrected chi connectivity index (χ1v) is 12.9. The number of guanidine groups is 1. The highest BCUT2D eigenvalue weighted by molar-refractivity contribution is 5.80. The number of nitrogens with zero attached hydrogens (tertiary/aromatic N) is 4. The molecule has 190 valence electrons. The highest BCUT2D eigenvalue weighted by Gasteiger charge is 2.52. The van der Waals surface area contributed by atoms with Crippen LogP contribution in [0.1, 0.15) is 52.4 Å². The van der Waals surface area contributed by atoms with Crippen molar-refractivity contribution in [3.05, 3.63) is 24.0 Å². The third kappa shape index (κ3) is 4.63. The Kier molecular flexibility index (Phi) is 7.66. The maximum atomic E-state index is 15.0. The molecule has 1 aromatic carbocycles. The molecule has 1 aliphatic carbocycles. The third-order valence-corrected chi connectivity index (χ3v) is 8.45. The molecule has 0 bridgehead atoms. The predicted octanol–water partition coefficient (Wildman–Crippen LogP) is 2.57. The number of hydrogen-bond acceptors (Lipinski definition) is 7. The van der Waals surface area contributed by atoms with E-state index < -0.39 is 18.4 Å². The molecular weight excluding hydrogens is 433 g/mol. The predicted molar refractivity (Wildman–Crippen MR) is 135 cm³/mol. The van der Waals surface area contributed by atoms with Gasteiger partial charge in [0.1, 0.15) is 12.2 Å². The smallest absolute Gasteiger partial charge is 0.248 e. The largest absolute Gasteiger partial charge is 0.494 e. The molecule has 2 aliphatic heterocycles. The van der Waals surface area contributed by atoms with Crippen LogP contribution >= 0.6 is 0 Å². The molecule has 0 radical (unpaired) electrons. The first-order chi connectivity index (χ1) is 16.3. The molecule has 0 aromatic heterocycles.